The summed E-state index contributed by atoms with van der Waals surface area (Å²) in [4.78, 5) is 10.4. The van der Waals surface area contributed by atoms with Crippen LogP contribution in [0.25, 0.3) is 0 Å². The summed E-state index contributed by atoms with van der Waals surface area (Å²) >= 11 is 0. The smallest absolute Gasteiger partial charge is 0.307 e. The maximum Gasteiger partial charge on any atom is 0.307 e. The molecule has 0 aromatic rings. The summed E-state index contributed by atoms with van der Waals surface area (Å²) in [6.45, 7) is 5.35. The minimum atomic E-state index is -0.241. The van der Waals surface area contributed by atoms with E-state index < -0.39 is 0 Å². The Morgan fingerprint density at radius 1 is 1.45 bits per heavy atom. The SMILES string of the molecule is CCCC/C=C(\C)OC(C)=O. The van der Waals surface area contributed by atoms with Gasteiger partial charge >= 0.3 is 5.97 Å². The lowest BCUT2D eigenvalue weighted by atomic mass is 10.2. The summed E-state index contributed by atoms with van der Waals surface area (Å²) in [5, 5.41) is 0. The van der Waals surface area contributed by atoms with Crippen LogP contribution in [-0.2, 0) is 9.53 Å². The molecule has 0 spiro atoms. The van der Waals surface area contributed by atoms with Gasteiger partial charge in [0, 0.05) is 6.92 Å². The molecular formula is C9H16O2. The summed E-state index contributed by atoms with van der Waals surface area (Å²) in [5.41, 5.74) is 0. The van der Waals surface area contributed by atoms with Gasteiger partial charge in [0.05, 0.1) is 0 Å². The van der Waals surface area contributed by atoms with Crippen molar-refractivity contribution < 1.29 is 9.53 Å². The Labute approximate surface area is 68.2 Å². The van der Waals surface area contributed by atoms with Crippen LogP contribution in [-0.4, -0.2) is 5.97 Å². The third kappa shape index (κ3) is 7.10. The highest BCUT2D eigenvalue weighted by molar-refractivity contribution is 5.67. The zero-order valence-corrected chi connectivity index (χ0v) is 7.52. The average Bonchev–Trinajstić information content (AvgIpc) is 1.86. The molecule has 11 heavy (non-hydrogen) atoms. The number of rotatable bonds is 4. The Bertz CT molecular complexity index is 148. The van der Waals surface area contributed by atoms with Gasteiger partial charge in [-0.25, -0.2) is 0 Å². The molecule has 0 saturated carbocycles. The number of ether oxygens (including phenoxy) is 1. The van der Waals surface area contributed by atoms with Crippen molar-refractivity contribution in [2.24, 2.45) is 0 Å². The van der Waals surface area contributed by atoms with E-state index in [0.717, 1.165) is 12.8 Å². The van der Waals surface area contributed by atoms with Crippen LogP contribution in [0.5, 0.6) is 0 Å². The number of unbranched alkanes of at least 4 members (excludes halogenated alkanes) is 2. The highest BCUT2D eigenvalue weighted by Gasteiger charge is 1.93. The van der Waals surface area contributed by atoms with E-state index in [2.05, 4.69) is 6.92 Å². The summed E-state index contributed by atoms with van der Waals surface area (Å²) < 4.78 is 4.82. The van der Waals surface area contributed by atoms with Crippen molar-refractivity contribution in [3.63, 3.8) is 0 Å². The van der Waals surface area contributed by atoms with Crippen molar-refractivity contribution >= 4 is 5.97 Å². The van der Waals surface area contributed by atoms with E-state index in [1.54, 1.807) is 6.92 Å². The summed E-state index contributed by atoms with van der Waals surface area (Å²) in [6, 6.07) is 0. The van der Waals surface area contributed by atoms with Crippen LogP contribution >= 0.6 is 0 Å². The Hall–Kier alpha value is -0.790. The van der Waals surface area contributed by atoms with Crippen LogP contribution in [0.1, 0.15) is 40.0 Å². The highest BCUT2D eigenvalue weighted by Crippen LogP contribution is 2.01. The third-order valence-corrected chi connectivity index (χ3v) is 1.29. The van der Waals surface area contributed by atoms with Gasteiger partial charge in [-0.3, -0.25) is 4.79 Å². The van der Waals surface area contributed by atoms with Crippen molar-refractivity contribution in [2.75, 3.05) is 0 Å². The first-order valence-corrected chi connectivity index (χ1v) is 4.02. The Morgan fingerprint density at radius 2 is 2.09 bits per heavy atom. The second-order valence-corrected chi connectivity index (χ2v) is 2.55. The molecule has 0 aliphatic heterocycles. The molecule has 0 rings (SSSR count). The van der Waals surface area contributed by atoms with E-state index in [1.165, 1.54) is 13.3 Å². The van der Waals surface area contributed by atoms with E-state index in [1.807, 2.05) is 6.08 Å². The van der Waals surface area contributed by atoms with Crippen molar-refractivity contribution in [1.29, 1.82) is 0 Å². The molecule has 0 heterocycles. The fourth-order valence-electron chi connectivity index (χ4n) is 0.778. The molecule has 0 fully saturated rings. The molecule has 0 atom stereocenters. The Morgan fingerprint density at radius 3 is 2.55 bits per heavy atom. The predicted octanol–water partition coefficient (Wildman–Crippen LogP) is 2.64. The standard InChI is InChI=1S/C9H16O2/c1-4-5-6-7-8(2)11-9(3)10/h7H,4-6H2,1-3H3/b8-7+. The minimum Gasteiger partial charge on any atom is -0.432 e. The first kappa shape index (κ1) is 10.2. The zero-order chi connectivity index (χ0) is 8.69. The number of allylic oxidation sites excluding steroid dienone is 2. The van der Waals surface area contributed by atoms with Crippen LogP contribution in [0.2, 0.25) is 0 Å². The molecule has 2 heteroatoms. The van der Waals surface area contributed by atoms with Gasteiger partial charge in [0.1, 0.15) is 5.76 Å². The molecule has 0 aliphatic carbocycles. The van der Waals surface area contributed by atoms with Crippen LogP contribution in [0.3, 0.4) is 0 Å². The molecule has 0 aromatic heterocycles. The first-order chi connectivity index (χ1) is 5.16. The molecule has 0 aliphatic rings. The maximum absolute atomic E-state index is 10.4. The Kier molecular flexibility index (Phi) is 5.53. The molecule has 0 saturated heterocycles. The van der Waals surface area contributed by atoms with Gasteiger partial charge < -0.3 is 4.74 Å². The van der Waals surface area contributed by atoms with Crippen LogP contribution < -0.4 is 0 Å². The molecular weight excluding hydrogens is 140 g/mol. The normalized spacial score (nSPS) is 11.4. The zero-order valence-electron chi connectivity index (χ0n) is 7.52. The molecule has 64 valence electrons. The third-order valence-electron chi connectivity index (χ3n) is 1.29. The van der Waals surface area contributed by atoms with Gasteiger partial charge in [0.15, 0.2) is 0 Å². The van der Waals surface area contributed by atoms with E-state index in [9.17, 15) is 4.79 Å². The average molecular weight is 156 g/mol. The minimum absolute atomic E-state index is 0.241. The number of hydrogen-bond donors (Lipinski definition) is 0. The van der Waals surface area contributed by atoms with Crippen molar-refractivity contribution in [3.05, 3.63) is 11.8 Å². The van der Waals surface area contributed by atoms with Gasteiger partial charge in [0.25, 0.3) is 0 Å². The van der Waals surface area contributed by atoms with Crippen molar-refractivity contribution in [1.82, 2.24) is 0 Å². The maximum atomic E-state index is 10.4. The number of carbonyl (C=O) groups excluding carboxylic acids is 1. The number of hydrogen-bond acceptors (Lipinski definition) is 2. The molecule has 0 radical (unpaired) electrons. The van der Waals surface area contributed by atoms with Gasteiger partial charge in [0.2, 0.25) is 0 Å². The summed E-state index contributed by atoms with van der Waals surface area (Å²) in [6.07, 6.45) is 5.27. The van der Waals surface area contributed by atoms with Gasteiger partial charge in [-0.1, -0.05) is 13.3 Å². The quantitative estimate of drug-likeness (QED) is 0.355. The summed E-state index contributed by atoms with van der Waals surface area (Å²) in [7, 11) is 0. The fourth-order valence-corrected chi connectivity index (χ4v) is 0.778. The predicted molar refractivity (Wildman–Crippen MR) is 45.0 cm³/mol. The van der Waals surface area contributed by atoms with Gasteiger partial charge in [-0.15, -0.1) is 0 Å². The van der Waals surface area contributed by atoms with Crippen molar-refractivity contribution in [2.45, 2.75) is 40.0 Å². The Balaban J connectivity index is 3.54. The lowest BCUT2D eigenvalue weighted by Crippen LogP contribution is -1.95. The lowest BCUT2D eigenvalue weighted by Gasteiger charge is -1.99. The van der Waals surface area contributed by atoms with Crippen molar-refractivity contribution in [3.8, 4) is 0 Å². The number of carbonyl (C=O) groups is 1. The van der Waals surface area contributed by atoms with Crippen LogP contribution in [0, 0.1) is 0 Å². The molecule has 0 unspecified atom stereocenters. The second kappa shape index (κ2) is 5.96. The monoisotopic (exact) mass is 156 g/mol. The molecule has 0 N–H and O–H groups in total. The van der Waals surface area contributed by atoms with E-state index >= 15 is 0 Å². The highest BCUT2D eigenvalue weighted by atomic mass is 16.5. The van der Waals surface area contributed by atoms with E-state index in [0.29, 0.717) is 5.76 Å². The molecule has 0 aromatic carbocycles. The molecule has 0 amide bonds. The van der Waals surface area contributed by atoms with E-state index in [4.69, 9.17) is 4.74 Å². The second-order valence-electron chi connectivity index (χ2n) is 2.55. The molecule has 2 nitrogen and oxygen atoms in total. The fraction of sp³-hybridized carbons (Fsp3) is 0.667. The number of esters is 1. The van der Waals surface area contributed by atoms with Crippen LogP contribution in [0.15, 0.2) is 11.8 Å². The van der Waals surface area contributed by atoms with Crippen LogP contribution in [0.4, 0.5) is 0 Å². The van der Waals surface area contributed by atoms with E-state index in [-0.39, 0.29) is 5.97 Å². The first-order valence-electron chi connectivity index (χ1n) is 4.02. The van der Waals surface area contributed by atoms with Gasteiger partial charge in [-0.05, 0) is 25.8 Å². The largest absolute Gasteiger partial charge is 0.432 e. The topological polar surface area (TPSA) is 26.3 Å². The molecule has 0 bridgehead atoms. The van der Waals surface area contributed by atoms with Gasteiger partial charge in [-0.2, -0.15) is 0 Å². The summed E-state index contributed by atoms with van der Waals surface area (Å²) in [5.74, 6) is 0.473. The lowest BCUT2D eigenvalue weighted by molar-refractivity contribution is -0.136.